The predicted molar refractivity (Wildman–Crippen MR) is 105 cm³/mol. The van der Waals surface area contributed by atoms with Crippen LogP contribution in [0.5, 0.6) is 0 Å². The monoisotopic (exact) mass is 342 g/mol. The van der Waals surface area contributed by atoms with Crippen molar-refractivity contribution in [2.24, 2.45) is 17.6 Å². The lowest BCUT2D eigenvalue weighted by molar-refractivity contribution is -0.123. The molecule has 1 fully saturated rings. The zero-order valence-corrected chi connectivity index (χ0v) is 15.8. The van der Waals surface area contributed by atoms with Crippen LogP contribution >= 0.6 is 0 Å². The number of unbranched alkanes of at least 4 members (excludes halogenated alkanes) is 1. The standard InChI is InChI=1S/C22H34N2O/c1-2-3-5-17-7-10-19(11-8-17)22(25)24-15-4-6-20-16-18(13-14-23)9-12-21(20)24/h9,12,16-17,19H,2-8,10-11,13-15,23H2,1H3. The number of benzene rings is 1. The lowest BCUT2D eigenvalue weighted by Gasteiger charge is -2.35. The molecular weight excluding hydrogens is 308 g/mol. The maximum absolute atomic E-state index is 13.2. The van der Waals surface area contributed by atoms with Crippen LogP contribution < -0.4 is 10.6 Å². The Labute approximate surface area is 153 Å². The number of amides is 1. The first kappa shape index (κ1) is 18.4. The van der Waals surface area contributed by atoms with E-state index in [1.54, 1.807) is 0 Å². The minimum Gasteiger partial charge on any atom is -0.330 e. The summed E-state index contributed by atoms with van der Waals surface area (Å²) in [5.41, 5.74) is 9.48. The fourth-order valence-corrected chi connectivity index (χ4v) is 4.61. The second-order valence-corrected chi connectivity index (χ2v) is 7.96. The van der Waals surface area contributed by atoms with Crippen LogP contribution in [0.15, 0.2) is 18.2 Å². The number of rotatable bonds is 6. The quantitative estimate of drug-likeness (QED) is 0.829. The zero-order valence-electron chi connectivity index (χ0n) is 15.8. The van der Waals surface area contributed by atoms with Crippen molar-refractivity contribution in [3.05, 3.63) is 29.3 Å². The van der Waals surface area contributed by atoms with E-state index in [1.165, 1.54) is 43.2 Å². The van der Waals surface area contributed by atoms with E-state index in [0.717, 1.165) is 50.3 Å². The molecule has 3 heteroatoms. The number of fused-ring (bicyclic) bond motifs is 1. The van der Waals surface area contributed by atoms with Gasteiger partial charge in [-0.25, -0.2) is 0 Å². The van der Waals surface area contributed by atoms with Crippen LogP contribution in [0.25, 0.3) is 0 Å². The molecule has 1 aliphatic heterocycles. The molecule has 1 aliphatic carbocycles. The van der Waals surface area contributed by atoms with E-state index < -0.39 is 0 Å². The topological polar surface area (TPSA) is 46.3 Å². The lowest BCUT2D eigenvalue weighted by Crippen LogP contribution is -2.40. The highest BCUT2D eigenvalue weighted by Crippen LogP contribution is 2.36. The first-order valence-electron chi connectivity index (χ1n) is 10.4. The van der Waals surface area contributed by atoms with Gasteiger partial charge in [-0.05, 0) is 74.6 Å². The fraction of sp³-hybridized carbons (Fsp3) is 0.682. The largest absolute Gasteiger partial charge is 0.330 e. The molecule has 0 radical (unpaired) electrons. The average Bonchev–Trinajstić information content (AvgIpc) is 2.66. The molecular formula is C22H34N2O. The van der Waals surface area contributed by atoms with Crippen LogP contribution in [-0.2, 0) is 17.6 Å². The van der Waals surface area contributed by atoms with Gasteiger partial charge in [0.15, 0.2) is 0 Å². The molecule has 0 spiro atoms. The lowest BCUT2D eigenvalue weighted by atomic mass is 9.79. The number of carbonyl (C=O) groups excluding carboxylic acids is 1. The van der Waals surface area contributed by atoms with E-state index in [9.17, 15) is 4.79 Å². The van der Waals surface area contributed by atoms with Crippen molar-refractivity contribution in [3.63, 3.8) is 0 Å². The van der Waals surface area contributed by atoms with E-state index in [0.29, 0.717) is 12.5 Å². The van der Waals surface area contributed by atoms with Crippen molar-refractivity contribution >= 4 is 11.6 Å². The van der Waals surface area contributed by atoms with Gasteiger partial charge in [0.2, 0.25) is 5.91 Å². The third-order valence-corrected chi connectivity index (χ3v) is 6.12. The van der Waals surface area contributed by atoms with Gasteiger partial charge in [-0.2, -0.15) is 0 Å². The Morgan fingerprint density at radius 1 is 1.24 bits per heavy atom. The number of aryl methyl sites for hydroxylation is 1. The number of nitrogens with two attached hydrogens (primary N) is 1. The summed E-state index contributed by atoms with van der Waals surface area (Å²) in [5, 5.41) is 0. The Kier molecular flexibility index (Phi) is 6.52. The summed E-state index contributed by atoms with van der Waals surface area (Å²) in [6.45, 7) is 3.84. The average molecular weight is 343 g/mol. The molecule has 3 nitrogen and oxygen atoms in total. The second-order valence-electron chi connectivity index (χ2n) is 7.96. The molecule has 0 saturated heterocycles. The van der Waals surface area contributed by atoms with E-state index in [1.807, 2.05) is 0 Å². The Bertz CT molecular complexity index is 575. The van der Waals surface area contributed by atoms with E-state index in [2.05, 4.69) is 30.0 Å². The van der Waals surface area contributed by atoms with Gasteiger partial charge in [-0.15, -0.1) is 0 Å². The number of hydrogen-bond donors (Lipinski definition) is 1. The number of anilines is 1. The highest BCUT2D eigenvalue weighted by molar-refractivity contribution is 5.96. The van der Waals surface area contributed by atoms with Crippen molar-refractivity contribution in [2.45, 2.75) is 71.1 Å². The summed E-state index contributed by atoms with van der Waals surface area (Å²) in [7, 11) is 0. The van der Waals surface area contributed by atoms with Gasteiger partial charge >= 0.3 is 0 Å². The molecule has 138 valence electrons. The molecule has 0 unspecified atom stereocenters. The molecule has 2 aliphatic rings. The first-order chi connectivity index (χ1) is 12.2. The fourth-order valence-electron chi connectivity index (χ4n) is 4.61. The molecule has 1 aromatic carbocycles. The summed E-state index contributed by atoms with van der Waals surface area (Å²) < 4.78 is 0. The van der Waals surface area contributed by atoms with Crippen molar-refractivity contribution < 1.29 is 4.79 Å². The van der Waals surface area contributed by atoms with Crippen LogP contribution in [0.3, 0.4) is 0 Å². The van der Waals surface area contributed by atoms with E-state index >= 15 is 0 Å². The van der Waals surface area contributed by atoms with Crippen LogP contribution in [0.4, 0.5) is 5.69 Å². The summed E-state index contributed by atoms with van der Waals surface area (Å²) in [5.74, 6) is 1.48. The van der Waals surface area contributed by atoms with E-state index in [-0.39, 0.29) is 5.92 Å². The molecule has 2 N–H and O–H groups in total. The highest BCUT2D eigenvalue weighted by Gasteiger charge is 2.31. The first-order valence-corrected chi connectivity index (χ1v) is 10.4. The Hall–Kier alpha value is -1.35. The van der Waals surface area contributed by atoms with Gasteiger partial charge in [-0.3, -0.25) is 4.79 Å². The van der Waals surface area contributed by atoms with Crippen LogP contribution in [-0.4, -0.2) is 19.0 Å². The van der Waals surface area contributed by atoms with Gasteiger partial charge < -0.3 is 10.6 Å². The minimum atomic E-state index is 0.243. The Balaban J connectivity index is 1.64. The summed E-state index contributed by atoms with van der Waals surface area (Å²) >= 11 is 0. The van der Waals surface area contributed by atoms with Gasteiger partial charge in [0.25, 0.3) is 0 Å². The molecule has 0 atom stereocenters. The molecule has 1 saturated carbocycles. The third kappa shape index (κ3) is 4.44. The van der Waals surface area contributed by atoms with E-state index in [4.69, 9.17) is 5.73 Å². The second kappa shape index (κ2) is 8.84. The minimum absolute atomic E-state index is 0.243. The van der Waals surface area contributed by atoms with Gasteiger partial charge in [0.05, 0.1) is 0 Å². The third-order valence-electron chi connectivity index (χ3n) is 6.12. The smallest absolute Gasteiger partial charge is 0.230 e. The van der Waals surface area contributed by atoms with Crippen molar-refractivity contribution in [3.8, 4) is 0 Å². The molecule has 1 aromatic rings. The maximum atomic E-state index is 13.2. The molecule has 0 bridgehead atoms. The highest BCUT2D eigenvalue weighted by atomic mass is 16.2. The SMILES string of the molecule is CCCCC1CCC(C(=O)N2CCCc3cc(CCN)ccc32)CC1. The summed E-state index contributed by atoms with van der Waals surface area (Å²) in [6.07, 6.45) is 11.7. The van der Waals surface area contributed by atoms with Gasteiger partial charge in [0, 0.05) is 18.2 Å². The molecule has 25 heavy (non-hydrogen) atoms. The van der Waals surface area contributed by atoms with Crippen molar-refractivity contribution in [2.75, 3.05) is 18.0 Å². The van der Waals surface area contributed by atoms with Gasteiger partial charge in [-0.1, -0.05) is 38.3 Å². The zero-order chi connectivity index (χ0) is 17.6. The predicted octanol–water partition coefficient (Wildman–Crippen LogP) is 4.46. The van der Waals surface area contributed by atoms with Gasteiger partial charge in [0.1, 0.15) is 0 Å². The maximum Gasteiger partial charge on any atom is 0.230 e. The molecule has 0 aromatic heterocycles. The molecule has 1 heterocycles. The van der Waals surface area contributed by atoms with Crippen LogP contribution in [0.2, 0.25) is 0 Å². The number of nitrogens with zero attached hydrogens (tertiary/aromatic N) is 1. The Morgan fingerprint density at radius 2 is 2.04 bits per heavy atom. The Morgan fingerprint density at radius 3 is 2.76 bits per heavy atom. The number of hydrogen-bond acceptors (Lipinski definition) is 2. The molecule has 1 amide bonds. The van der Waals surface area contributed by atoms with Crippen LogP contribution in [0, 0.1) is 11.8 Å². The normalized spacial score (nSPS) is 23.4. The summed E-state index contributed by atoms with van der Waals surface area (Å²) in [4.78, 5) is 15.2. The molecule has 3 rings (SSSR count). The summed E-state index contributed by atoms with van der Waals surface area (Å²) in [6, 6.07) is 6.58. The van der Waals surface area contributed by atoms with Crippen molar-refractivity contribution in [1.82, 2.24) is 0 Å². The number of carbonyl (C=O) groups is 1. The van der Waals surface area contributed by atoms with Crippen LogP contribution in [0.1, 0.15) is 69.4 Å². The van der Waals surface area contributed by atoms with Crippen molar-refractivity contribution in [1.29, 1.82) is 0 Å².